The van der Waals surface area contributed by atoms with Crippen molar-refractivity contribution in [1.82, 2.24) is 5.43 Å². The highest BCUT2D eigenvalue weighted by Gasteiger charge is 2.16. The fourth-order valence-corrected chi connectivity index (χ4v) is 3.20. The lowest BCUT2D eigenvalue weighted by molar-refractivity contribution is -0.123. The highest BCUT2D eigenvalue weighted by atomic mass is 16.5. The first-order chi connectivity index (χ1) is 13.1. The molecule has 1 amide bonds. The summed E-state index contributed by atoms with van der Waals surface area (Å²) in [6.45, 7) is 1.67. The molecule has 2 aromatic carbocycles. The summed E-state index contributed by atoms with van der Waals surface area (Å²) in [5.74, 6) is 0.108. The van der Waals surface area contributed by atoms with Crippen molar-refractivity contribution in [2.75, 3.05) is 6.61 Å². The van der Waals surface area contributed by atoms with E-state index in [1.165, 1.54) is 17.2 Å². The van der Waals surface area contributed by atoms with Gasteiger partial charge in [0.15, 0.2) is 6.61 Å². The fourth-order valence-electron chi connectivity index (χ4n) is 3.20. The summed E-state index contributed by atoms with van der Waals surface area (Å²) in [7, 11) is 0. The zero-order chi connectivity index (χ0) is 18.8. The van der Waals surface area contributed by atoms with Crippen molar-refractivity contribution in [2.45, 2.75) is 19.8 Å². The Morgan fingerprint density at radius 1 is 1.15 bits per heavy atom. The number of carbonyl (C=O) groups excluding carboxylic acids is 1. The molecule has 0 saturated carbocycles. The molecule has 0 unspecified atom stereocenters. The zero-order valence-electron chi connectivity index (χ0n) is 14.8. The van der Waals surface area contributed by atoms with Crippen molar-refractivity contribution in [3.8, 4) is 5.75 Å². The molecule has 0 fully saturated rings. The smallest absolute Gasteiger partial charge is 0.336 e. The lowest BCUT2D eigenvalue weighted by Gasteiger charge is -2.07. The van der Waals surface area contributed by atoms with E-state index in [1.807, 2.05) is 19.1 Å². The van der Waals surface area contributed by atoms with Gasteiger partial charge in [0.1, 0.15) is 11.3 Å². The number of fused-ring (bicyclic) bond motifs is 2. The van der Waals surface area contributed by atoms with E-state index in [0.717, 1.165) is 29.5 Å². The van der Waals surface area contributed by atoms with Gasteiger partial charge in [-0.15, -0.1) is 0 Å². The van der Waals surface area contributed by atoms with Crippen LogP contribution in [0.25, 0.3) is 11.0 Å². The number of amides is 1. The second kappa shape index (κ2) is 7.07. The molecule has 1 aromatic heterocycles. The van der Waals surface area contributed by atoms with E-state index in [4.69, 9.17) is 9.15 Å². The summed E-state index contributed by atoms with van der Waals surface area (Å²) in [5, 5.41) is 5.03. The van der Waals surface area contributed by atoms with Crippen molar-refractivity contribution < 1.29 is 13.9 Å². The standard InChI is InChI=1S/C21H18N2O4/c1-13-8-21(25)27-19-11-17(6-7-18(13)19)26-12-20(24)23-22-16-9-14-4-2-3-5-15(14)10-16/h2-8,11H,9-10,12H2,1H3,(H,23,24). The van der Waals surface area contributed by atoms with Crippen LogP contribution in [-0.4, -0.2) is 18.2 Å². The minimum absolute atomic E-state index is 0.175. The molecule has 136 valence electrons. The van der Waals surface area contributed by atoms with E-state index in [2.05, 4.69) is 22.7 Å². The van der Waals surface area contributed by atoms with E-state index >= 15 is 0 Å². The number of hydrogen-bond acceptors (Lipinski definition) is 5. The number of nitrogens with one attached hydrogen (secondary N) is 1. The molecule has 6 heteroatoms. The first kappa shape index (κ1) is 17.0. The number of benzene rings is 2. The van der Waals surface area contributed by atoms with Gasteiger partial charge in [0.25, 0.3) is 5.91 Å². The van der Waals surface area contributed by atoms with Gasteiger partial charge in [0.05, 0.1) is 0 Å². The largest absolute Gasteiger partial charge is 0.484 e. The monoisotopic (exact) mass is 362 g/mol. The molecule has 27 heavy (non-hydrogen) atoms. The molecule has 1 aliphatic rings. The SMILES string of the molecule is Cc1cc(=O)oc2cc(OCC(=O)NN=C3Cc4ccccc4C3)ccc12. The first-order valence-corrected chi connectivity index (χ1v) is 8.67. The van der Waals surface area contributed by atoms with Gasteiger partial charge in [0.2, 0.25) is 0 Å². The maximum atomic E-state index is 12.0. The Labute approximate surface area is 155 Å². The molecule has 0 atom stereocenters. The van der Waals surface area contributed by atoms with E-state index in [9.17, 15) is 9.59 Å². The summed E-state index contributed by atoms with van der Waals surface area (Å²) in [6, 6.07) is 14.7. The van der Waals surface area contributed by atoms with Crippen molar-refractivity contribution in [2.24, 2.45) is 5.10 Å². The average Bonchev–Trinajstić information content (AvgIpc) is 3.07. The average molecular weight is 362 g/mol. The minimum atomic E-state index is -0.414. The van der Waals surface area contributed by atoms with Crippen molar-refractivity contribution in [3.63, 3.8) is 0 Å². The Morgan fingerprint density at radius 2 is 1.89 bits per heavy atom. The molecule has 0 saturated heterocycles. The number of nitrogens with zero attached hydrogens (tertiary/aromatic N) is 1. The van der Waals surface area contributed by atoms with Gasteiger partial charge in [-0.25, -0.2) is 10.2 Å². The summed E-state index contributed by atoms with van der Waals surface area (Å²) in [5.41, 5.74) is 6.80. The Hall–Kier alpha value is -3.41. The predicted octanol–water partition coefficient (Wildman–Crippen LogP) is 2.75. The van der Waals surface area contributed by atoms with Gasteiger partial charge in [-0.3, -0.25) is 4.79 Å². The van der Waals surface area contributed by atoms with Crippen LogP contribution in [0.1, 0.15) is 16.7 Å². The topological polar surface area (TPSA) is 80.9 Å². The lowest BCUT2D eigenvalue weighted by Crippen LogP contribution is -2.26. The van der Waals surface area contributed by atoms with Gasteiger partial charge in [-0.1, -0.05) is 24.3 Å². The Balaban J connectivity index is 1.36. The Bertz CT molecular complexity index is 1090. The van der Waals surface area contributed by atoms with Crippen LogP contribution in [0.2, 0.25) is 0 Å². The van der Waals surface area contributed by atoms with Crippen LogP contribution >= 0.6 is 0 Å². The van der Waals surface area contributed by atoms with Crippen LogP contribution in [0, 0.1) is 6.92 Å². The number of carbonyl (C=O) groups is 1. The highest BCUT2D eigenvalue weighted by molar-refractivity contribution is 5.93. The molecular weight excluding hydrogens is 344 g/mol. The van der Waals surface area contributed by atoms with Gasteiger partial charge >= 0.3 is 5.63 Å². The molecule has 1 N–H and O–H groups in total. The minimum Gasteiger partial charge on any atom is -0.484 e. The molecule has 0 aliphatic heterocycles. The van der Waals surface area contributed by atoms with E-state index < -0.39 is 5.63 Å². The molecule has 0 bridgehead atoms. The third kappa shape index (κ3) is 3.74. The molecule has 4 rings (SSSR count). The second-order valence-electron chi connectivity index (χ2n) is 6.53. The van der Waals surface area contributed by atoms with E-state index in [1.54, 1.807) is 18.2 Å². The van der Waals surface area contributed by atoms with Gasteiger partial charge < -0.3 is 9.15 Å². The number of rotatable bonds is 4. The Kier molecular flexibility index (Phi) is 4.46. The van der Waals surface area contributed by atoms with Crippen molar-refractivity contribution in [3.05, 3.63) is 75.6 Å². The summed E-state index contributed by atoms with van der Waals surface area (Å²) in [6.07, 6.45) is 1.50. The van der Waals surface area contributed by atoms with Crippen LogP contribution in [0.4, 0.5) is 0 Å². The Morgan fingerprint density at radius 3 is 2.63 bits per heavy atom. The molecule has 1 aliphatic carbocycles. The van der Waals surface area contributed by atoms with Gasteiger partial charge in [0, 0.05) is 36.1 Å². The van der Waals surface area contributed by atoms with E-state index in [0.29, 0.717) is 11.3 Å². The van der Waals surface area contributed by atoms with Crippen LogP contribution in [0.15, 0.2) is 62.8 Å². The highest BCUT2D eigenvalue weighted by Crippen LogP contribution is 2.22. The van der Waals surface area contributed by atoms with Crippen molar-refractivity contribution in [1.29, 1.82) is 0 Å². The summed E-state index contributed by atoms with van der Waals surface area (Å²) < 4.78 is 10.7. The predicted molar refractivity (Wildman–Crippen MR) is 102 cm³/mol. The zero-order valence-corrected chi connectivity index (χ0v) is 14.8. The molecule has 0 radical (unpaired) electrons. The molecule has 0 spiro atoms. The van der Waals surface area contributed by atoms with Crippen LogP contribution in [-0.2, 0) is 17.6 Å². The number of ether oxygens (including phenoxy) is 1. The molecule has 6 nitrogen and oxygen atoms in total. The van der Waals surface area contributed by atoms with Gasteiger partial charge in [-0.2, -0.15) is 5.10 Å². The maximum absolute atomic E-state index is 12.0. The van der Waals surface area contributed by atoms with Crippen LogP contribution < -0.4 is 15.8 Å². The van der Waals surface area contributed by atoms with Gasteiger partial charge in [-0.05, 0) is 35.7 Å². The number of hydrazone groups is 1. The van der Waals surface area contributed by atoms with Crippen molar-refractivity contribution >= 4 is 22.6 Å². The molecular formula is C21H18N2O4. The lowest BCUT2D eigenvalue weighted by atomic mass is 10.1. The molecule has 3 aromatic rings. The summed E-state index contributed by atoms with van der Waals surface area (Å²) >= 11 is 0. The fraction of sp³-hybridized carbons (Fsp3) is 0.190. The van der Waals surface area contributed by atoms with Crippen LogP contribution in [0.3, 0.4) is 0 Å². The summed E-state index contributed by atoms with van der Waals surface area (Å²) in [4.78, 5) is 23.5. The number of aryl methyl sites for hydroxylation is 1. The normalized spacial score (nSPS) is 12.7. The second-order valence-corrected chi connectivity index (χ2v) is 6.53. The first-order valence-electron chi connectivity index (χ1n) is 8.67. The van der Waals surface area contributed by atoms with Crippen LogP contribution in [0.5, 0.6) is 5.75 Å². The quantitative estimate of drug-likeness (QED) is 0.572. The molecule has 1 heterocycles. The third-order valence-corrected chi connectivity index (χ3v) is 4.54. The third-order valence-electron chi connectivity index (χ3n) is 4.54. The van der Waals surface area contributed by atoms with E-state index in [-0.39, 0.29) is 12.5 Å². The maximum Gasteiger partial charge on any atom is 0.336 e. The number of hydrogen-bond donors (Lipinski definition) is 1.